The van der Waals surface area contributed by atoms with Crippen LogP contribution in [-0.4, -0.2) is 47.5 Å². The lowest BCUT2D eigenvalue weighted by Gasteiger charge is -2.34. The van der Waals surface area contributed by atoms with Gasteiger partial charge in [0.25, 0.3) is 0 Å². The van der Waals surface area contributed by atoms with Crippen LogP contribution in [0.4, 0.5) is 4.79 Å². The predicted molar refractivity (Wildman–Crippen MR) is 132 cm³/mol. The Kier molecular flexibility index (Phi) is 11.4. The van der Waals surface area contributed by atoms with Gasteiger partial charge in [-0.1, -0.05) is 50.5 Å². The summed E-state index contributed by atoms with van der Waals surface area (Å²) >= 11 is 0. The Labute approximate surface area is 199 Å². The molecule has 0 bridgehead atoms. The van der Waals surface area contributed by atoms with E-state index in [1.54, 1.807) is 32.6 Å². The van der Waals surface area contributed by atoms with Crippen LogP contribution in [0, 0.1) is 13.8 Å². The quantitative estimate of drug-likeness (QED) is 0.463. The van der Waals surface area contributed by atoms with Crippen LogP contribution in [-0.2, 0) is 14.3 Å². The molecule has 0 radical (unpaired) electrons. The maximum atomic E-state index is 13.5. The third kappa shape index (κ3) is 9.44. The number of ether oxygens (including phenoxy) is 1. The molecule has 0 saturated carbocycles. The van der Waals surface area contributed by atoms with Crippen LogP contribution >= 0.6 is 0 Å². The Balaban J connectivity index is 3.25. The van der Waals surface area contributed by atoms with Crippen LogP contribution in [0.2, 0.25) is 0 Å². The zero-order valence-electron chi connectivity index (χ0n) is 21.7. The average Bonchev–Trinajstić information content (AvgIpc) is 2.71. The van der Waals surface area contributed by atoms with Gasteiger partial charge < -0.3 is 20.3 Å². The summed E-state index contributed by atoms with van der Waals surface area (Å²) in [4.78, 5) is 40.7. The van der Waals surface area contributed by atoms with Gasteiger partial charge in [0, 0.05) is 13.1 Å². The molecule has 0 fully saturated rings. The third-order valence-corrected chi connectivity index (χ3v) is 5.22. The minimum Gasteiger partial charge on any atom is -0.444 e. The average molecular weight is 462 g/mol. The molecule has 1 aromatic rings. The summed E-state index contributed by atoms with van der Waals surface area (Å²) in [6.45, 7) is 15.9. The fourth-order valence-corrected chi connectivity index (χ4v) is 3.59. The number of nitrogens with zero attached hydrogens (tertiary/aromatic N) is 1. The smallest absolute Gasteiger partial charge is 0.408 e. The second-order valence-electron chi connectivity index (χ2n) is 9.66. The number of alkyl carbamates (subject to hydrolysis) is 1. The molecule has 0 aliphatic carbocycles. The molecule has 0 heterocycles. The Morgan fingerprint density at radius 1 is 1.06 bits per heavy atom. The number of carbonyl (C=O) groups is 3. The van der Waals surface area contributed by atoms with Crippen LogP contribution in [0.1, 0.15) is 90.0 Å². The van der Waals surface area contributed by atoms with Gasteiger partial charge in [-0.15, -0.1) is 0 Å². The van der Waals surface area contributed by atoms with E-state index in [-0.39, 0.29) is 11.8 Å². The molecule has 2 unspecified atom stereocenters. The normalized spacial score (nSPS) is 13.1. The van der Waals surface area contributed by atoms with Gasteiger partial charge in [-0.25, -0.2) is 4.79 Å². The van der Waals surface area contributed by atoms with Gasteiger partial charge in [0.15, 0.2) is 0 Å². The zero-order valence-corrected chi connectivity index (χ0v) is 21.7. The van der Waals surface area contributed by atoms with Crippen molar-refractivity contribution in [3.05, 3.63) is 34.9 Å². The van der Waals surface area contributed by atoms with Crippen LogP contribution < -0.4 is 10.6 Å². The second kappa shape index (κ2) is 13.2. The van der Waals surface area contributed by atoms with Crippen molar-refractivity contribution in [1.29, 1.82) is 0 Å². The number of unbranched alkanes of at least 4 members (excludes halogenated alkanes) is 2. The van der Waals surface area contributed by atoms with Crippen molar-refractivity contribution in [2.24, 2.45) is 0 Å². The van der Waals surface area contributed by atoms with Crippen molar-refractivity contribution in [2.45, 2.75) is 98.8 Å². The number of carbonyl (C=O) groups excluding carboxylic acids is 3. The van der Waals surface area contributed by atoms with Gasteiger partial charge in [0.1, 0.15) is 17.7 Å². The van der Waals surface area contributed by atoms with Crippen LogP contribution in [0.5, 0.6) is 0 Å². The number of hydrogen-bond donors (Lipinski definition) is 2. The first-order valence-electron chi connectivity index (χ1n) is 12.1. The highest BCUT2D eigenvalue weighted by atomic mass is 16.6. The Hall–Kier alpha value is -2.57. The Morgan fingerprint density at radius 2 is 1.73 bits per heavy atom. The SMILES string of the molecule is CCCCCNC(=O)C(c1cc(C)ccc1C)N(CCC)C(=O)C(C)NC(=O)OC(C)(C)C. The summed E-state index contributed by atoms with van der Waals surface area (Å²) in [5, 5.41) is 5.64. The predicted octanol–water partition coefficient (Wildman–Crippen LogP) is 4.80. The van der Waals surface area contributed by atoms with Crippen LogP contribution in [0.3, 0.4) is 0 Å². The van der Waals surface area contributed by atoms with Crippen LogP contribution in [0.15, 0.2) is 18.2 Å². The molecule has 0 spiro atoms. The number of amides is 3. The van der Waals surface area contributed by atoms with Gasteiger partial charge in [0.05, 0.1) is 0 Å². The van der Waals surface area contributed by atoms with Crippen LogP contribution in [0.25, 0.3) is 0 Å². The van der Waals surface area contributed by atoms with Crippen molar-refractivity contribution in [1.82, 2.24) is 15.5 Å². The Bertz CT molecular complexity index is 801. The summed E-state index contributed by atoms with van der Waals surface area (Å²) < 4.78 is 5.30. The summed E-state index contributed by atoms with van der Waals surface area (Å²) in [6, 6.07) is 4.31. The van der Waals surface area contributed by atoms with E-state index >= 15 is 0 Å². The molecule has 3 amide bonds. The molecule has 0 saturated heterocycles. The van der Waals surface area contributed by atoms with E-state index in [0.29, 0.717) is 19.5 Å². The molecule has 0 aromatic heterocycles. The van der Waals surface area contributed by atoms with Gasteiger partial charge in [-0.05, 0) is 65.5 Å². The fraction of sp³-hybridized carbons (Fsp3) is 0.654. The highest BCUT2D eigenvalue weighted by molar-refractivity contribution is 5.92. The van der Waals surface area contributed by atoms with Gasteiger partial charge in [-0.3, -0.25) is 9.59 Å². The van der Waals surface area contributed by atoms with Gasteiger partial charge >= 0.3 is 6.09 Å². The number of hydrogen-bond acceptors (Lipinski definition) is 4. The van der Waals surface area contributed by atoms with E-state index in [9.17, 15) is 14.4 Å². The number of aryl methyl sites for hydroxylation is 2. The summed E-state index contributed by atoms with van der Waals surface area (Å²) in [5.74, 6) is -0.525. The molecule has 1 rings (SSSR count). The Morgan fingerprint density at radius 3 is 2.30 bits per heavy atom. The topological polar surface area (TPSA) is 87.7 Å². The first-order chi connectivity index (χ1) is 15.4. The summed E-state index contributed by atoms with van der Waals surface area (Å²) in [6.07, 6.45) is 3.00. The second-order valence-corrected chi connectivity index (χ2v) is 9.66. The molecule has 7 nitrogen and oxygen atoms in total. The van der Waals surface area contributed by atoms with Crippen molar-refractivity contribution in [2.75, 3.05) is 13.1 Å². The van der Waals surface area contributed by atoms with Gasteiger partial charge in [-0.2, -0.15) is 0 Å². The van der Waals surface area contributed by atoms with Crippen molar-refractivity contribution in [3.63, 3.8) is 0 Å². The maximum absolute atomic E-state index is 13.5. The molecular formula is C26H43N3O4. The first kappa shape index (κ1) is 28.5. The van der Waals surface area contributed by atoms with Gasteiger partial charge in [0.2, 0.25) is 11.8 Å². The monoisotopic (exact) mass is 461 g/mol. The minimum absolute atomic E-state index is 0.203. The molecule has 7 heteroatoms. The van der Waals surface area contributed by atoms with Crippen molar-refractivity contribution < 1.29 is 19.1 Å². The number of nitrogens with one attached hydrogen (secondary N) is 2. The largest absolute Gasteiger partial charge is 0.444 e. The minimum atomic E-state index is -0.841. The zero-order chi connectivity index (χ0) is 25.2. The maximum Gasteiger partial charge on any atom is 0.408 e. The van der Waals surface area contributed by atoms with E-state index in [0.717, 1.165) is 36.0 Å². The van der Waals surface area contributed by atoms with E-state index < -0.39 is 23.8 Å². The van der Waals surface area contributed by atoms with Crippen molar-refractivity contribution >= 4 is 17.9 Å². The lowest BCUT2D eigenvalue weighted by atomic mass is 9.96. The van der Waals surface area contributed by atoms with E-state index in [1.807, 2.05) is 39.0 Å². The molecular weight excluding hydrogens is 418 g/mol. The molecule has 2 N–H and O–H groups in total. The summed E-state index contributed by atoms with van der Waals surface area (Å²) in [5.41, 5.74) is 2.09. The van der Waals surface area contributed by atoms with E-state index in [4.69, 9.17) is 4.74 Å². The molecule has 1 aromatic carbocycles. The number of benzene rings is 1. The third-order valence-electron chi connectivity index (χ3n) is 5.22. The summed E-state index contributed by atoms with van der Waals surface area (Å²) in [7, 11) is 0. The van der Waals surface area contributed by atoms with E-state index in [1.165, 1.54) is 0 Å². The molecule has 2 atom stereocenters. The van der Waals surface area contributed by atoms with E-state index in [2.05, 4.69) is 17.6 Å². The molecule has 186 valence electrons. The lowest BCUT2D eigenvalue weighted by Crippen LogP contribution is -2.52. The molecule has 33 heavy (non-hydrogen) atoms. The lowest BCUT2D eigenvalue weighted by molar-refractivity contribution is -0.142. The van der Waals surface area contributed by atoms with Crippen molar-refractivity contribution in [3.8, 4) is 0 Å². The highest BCUT2D eigenvalue weighted by Gasteiger charge is 2.35. The fourth-order valence-electron chi connectivity index (χ4n) is 3.59. The highest BCUT2D eigenvalue weighted by Crippen LogP contribution is 2.27. The first-order valence-corrected chi connectivity index (χ1v) is 12.1. The molecule has 0 aliphatic rings. The molecule has 0 aliphatic heterocycles. The number of rotatable bonds is 11. The standard InChI is InChI=1S/C26H43N3O4/c1-9-11-12-15-27-23(30)22(21-17-18(3)13-14-19(21)4)29(16-10-2)24(31)20(5)28-25(32)33-26(6,7)8/h13-14,17,20,22H,9-12,15-16H2,1-8H3,(H,27,30)(H,28,32).